The summed E-state index contributed by atoms with van der Waals surface area (Å²) in [5.74, 6) is -0.0137. The van der Waals surface area contributed by atoms with Crippen molar-refractivity contribution in [3.05, 3.63) is 41.1 Å². The monoisotopic (exact) mass is 257 g/mol. The van der Waals surface area contributed by atoms with Crippen LogP contribution in [-0.4, -0.2) is 10.2 Å². The lowest BCUT2D eigenvalue weighted by Gasteiger charge is -2.05. The maximum atomic E-state index is 11.5. The zero-order valence-corrected chi connectivity index (χ0v) is 10.8. The summed E-state index contributed by atoms with van der Waals surface area (Å²) < 4.78 is 4.17. The Morgan fingerprint density at radius 2 is 2.28 bits per heavy atom. The quantitative estimate of drug-likeness (QED) is 0.857. The minimum absolute atomic E-state index is 0.0137. The number of aromatic nitrogens is 1. The van der Waals surface area contributed by atoms with Crippen LogP contribution in [0.15, 0.2) is 24.3 Å². The van der Waals surface area contributed by atoms with E-state index in [0.29, 0.717) is 11.1 Å². The number of carbonyl (C=O) groups is 1. The fourth-order valence-electron chi connectivity index (χ4n) is 1.67. The standard InChI is InChI=1S/C13H11N3OS/c1-8-12(9(2)17)13(18-16-8)15-11-5-3-4-10(6-11)7-14/h3-6,15H,1-2H3. The molecule has 90 valence electrons. The average molecular weight is 257 g/mol. The van der Waals surface area contributed by atoms with Crippen molar-refractivity contribution in [3.63, 3.8) is 0 Å². The lowest BCUT2D eigenvalue weighted by molar-refractivity contribution is 0.101. The van der Waals surface area contributed by atoms with Gasteiger partial charge in [-0.2, -0.15) is 9.64 Å². The Labute approximate surface area is 109 Å². The highest BCUT2D eigenvalue weighted by Gasteiger charge is 2.14. The molecule has 0 saturated carbocycles. The zero-order valence-electron chi connectivity index (χ0n) is 10.0. The van der Waals surface area contributed by atoms with Gasteiger partial charge in [0.2, 0.25) is 0 Å². The molecule has 1 aromatic heterocycles. The first-order valence-electron chi connectivity index (χ1n) is 5.36. The van der Waals surface area contributed by atoms with Crippen LogP contribution in [-0.2, 0) is 0 Å². The number of nitrogens with one attached hydrogen (secondary N) is 1. The summed E-state index contributed by atoms with van der Waals surface area (Å²) in [6.07, 6.45) is 0. The van der Waals surface area contributed by atoms with E-state index in [-0.39, 0.29) is 5.78 Å². The first kappa shape index (κ1) is 12.3. The lowest BCUT2D eigenvalue weighted by atomic mass is 10.1. The van der Waals surface area contributed by atoms with E-state index in [2.05, 4.69) is 15.8 Å². The topological polar surface area (TPSA) is 65.8 Å². The summed E-state index contributed by atoms with van der Waals surface area (Å²) in [5.41, 5.74) is 2.69. The van der Waals surface area contributed by atoms with Gasteiger partial charge in [0.05, 0.1) is 22.9 Å². The van der Waals surface area contributed by atoms with Gasteiger partial charge in [-0.15, -0.1) is 0 Å². The molecule has 0 aliphatic carbocycles. The molecule has 1 aromatic carbocycles. The second kappa shape index (κ2) is 4.98. The number of anilines is 2. The van der Waals surface area contributed by atoms with Crippen LogP contribution >= 0.6 is 11.5 Å². The molecule has 4 nitrogen and oxygen atoms in total. The predicted octanol–water partition coefficient (Wildman–Crippen LogP) is 3.27. The van der Waals surface area contributed by atoms with E-state index < -0.39 is 0 Å². The molecule has 0 aliphatic heterocycles. The van der Waals surface area contributed by atoms with Gasteiger partial charge >= 0.3 is 0 Å². The molecule has 0 unspecified atom stereocenters. The third kappa shape index (κ3) is 2.39. The van der Waals surface area contributed by atoms with E-state index in [0.717, 1.165) is 16.4 Å². The van der Waals surface area contributed by atoms with Gasteiger partial charge in [0.25, 0.3) is 0 Å². The highest BCUT2D eigenvalue weighted by atomic mass is 32.1. The normalized spacial score (nSPS) is 9.83. The second-order valence-electron chi connectivity index (χ2n) is 3.85. The molecular formula is C13H11N3OS. The number of hydrogen-bond donors (Lipinski definition) is 1. The van der Waals surface area contributed by atoms with Gasteiger partial charge in [-0.3, -0.25) is 4.79 Å². The number of nitrogens with zero attached hydrogens (tertiary/aromatic N) is 2. The number of ketones is 1. The molecule has 2 aromatic rings. The van der Waals surface area contributed by atoms with Crippen LogP contribution in [0.1, 0.15) is 28.5 Å². The highest BCUT2D eigenvalue weighted by Crippen LogP contribution is 2.28. The summed E-state index contributed by atoms with van der Waals surface area (Å²) in [6, 6.07) is 9.18. The van der Waals surface area contributed by atoms with Crippen molar-refractivity contribution in [1.82, 2.24) is 4.37 Å². The predicted molar refractivity (Wildman–Crippen MR) is 71.3 cm³/mol. The van der Waals surface area contributed by atoms with Crippen LogP contribution in [0.25, 0.3) is 0 Å². The van der Waals surface area contributed by atoms with Crippen LogP contribution in [0.3, 0.4) is 0 Å². The number of carbonyl (C=O) groups excluding carboxylic acids is 1. The molecule has 0 atom stereocenters. The van der Waals surface area contributed by atoms with Crippen LogP contribution in [0.4, 0.5) is 10.7 Å². The number of aryl methyl sites for hydroxylation is 1. The molecule has 0 radical (unpaired) electrons. The molecular weight excluding hydrogens is 246 g/mol. The van der Waals surface area contributed by atoms with E-state index in [1.807, 2.05) is 13.0 Å². The first-order chi connectivity index (χ1) is 8.61. The van der Waals surface area contributed by atoms with E-state index >= 15 is 0 Å². The third-order valence-electron chi connectivity index (χ3n) is 2.46. The van der Waals surface area contributed by atoms with Crippen molar-refractivity contribution in [2.45, 2.75) is 13.8 Å². The molecule has 0 saturated heterocycles. The summed E-state index contributed by atoms with van der Waals surface area (Å²) in [5, 5.41) is 12.7. The molecule has 5 heteroatoms. The van der Waals surface area contributed by atoms with E-state index in [9.17, 15) is 4.79 Å². The molecule has 2 rings (SSSR count). The molecule has 1 heterocycles. The van der Waals surface area contributed by atoms with Crippen LogP contribution < -0.4 is 5.32 Å². The smallest absolute Gasteiger partial charge is 0.164 e. The maximum absolute atomic E-state index is 11.5. The van der Waals surface area contributed by atoms with E-state index in [1.54, 1.807) is 18.2 Å². The number of rotatable bonds is 3. The van der Waals surface area contributed by atoms with Crippen molar-refractivity contribution in [2.75, 3.05) is 5.32 Å². The minimum atomic E-state index is -0.0137. The molecule has 18 heavy (non-hydrogen) atoms. The Balaban J connectivity index is 2.35. The average Bonchev–Trinajstić information content (AvgIpc) is 2.70. The molecule has 0 aliphatic rings. The van der Waals surface area contributed by atoms with Gasteiger partial charge < -0.3 is 5.32 Å². The van der Waals surface area contributed by atoms with Crippen LogP contribution in [0, 0.1) is 18.3 Å². The van der Waals surface area contributed by atoms with Gasteiger partial charge in [-0.05, 0) is 43.6 Å². The third-order valence-corrected chi connectivity index (χ3v) is 3.32. The van der Waals surface area contributed by atoms with Crippen molar-refractivity contribution in [1.29, 1.82) is 5.26 Å². The van der Waals surface area contributed by atoms with Gasteiger partial charge in [0.15, 0.2) is 5.78 Å². The van der Waals surface area contributed by atoms with Crippen LogP contribution in [0.5, 0.6) is 0 Å². The van der Waals surface area contributed by atoms with Gasteiger partial charge in [-0.25, -0.2) is 0 Å². The summed E-state index contributed by atoms with van der Waals surface area (Å²) >= 11 is 1.25. The SMILES string of the molecule is CC(=O)c1c(C)nsc1Nc1cccc(C#N)c1. The van der Waals surface area contributed by atoms with E-state index in [1.165, 1.54) is 18.5 Å². The Morgan fingerprint density at radius 1 is 1.50 bits per heavy atom. The Morgan fingerprint density at radius 3 is 2.94 bits per heavy atom. The number of nitriles is 1. The van der Waals surface area contributed by atoms with Gasteiger partial charge in [0.1, 0.15) is 5.00 Å². The molecule has 0 bridgehead atoms. The molecule has 1 N–H and O–H groups in total. The lowest BCUT2D eigenvalue weighted by Crippen LogP contribution is -1.98. The Kier molecular flexibility index (Phi) is 3.40. The molecule has 0 spiro atoms. The summed E-state index contributed by atoms with van der Waals surface area (Å²) in [7, 11) is 0. The van der Waals surface area contributed by atoms with E-state index in [4.69, 9.17) is 5.26 Å². The Bertz CT molecular complexity index is 640. The fraction of sp³-hybridized carbons (Fsp3) is 0.154. The van der Waals surface area contributed by atoms with Crippen molar-refractivity contribution in [3.8, 4) is 6.07 Å². The van der Waals surface area contributed by atoms with Crippen molar-refractivity contribution < 1.29 is 4.79 Å². The number of benzene rings is 1. The zero-order chi connectivity index (χ0) is 13.1. The highest BCUT2D eigenvalue weighted by molar-refractivity contribution is 7.10. The van der Waals surface area contributed by atoms with Crippen LogP contribution in [0.2, 0.25) is 0 Å². The largest absolute Gasteiger partial charge is 0.345 e. The second-order valence-corrected chi connectivity index (χ2v) is 4.62. The molecule has 0 fully saturated rings. The minimum Gasteiger partial charge on any atom is -0.345 e. The summed E-state index contributed by atoms with van der Waals surface area (Å²) in [6.45, 7) is 3.33. The maximum Gasteiger partial charge on any atom is 0.164 e. The van der Waals surface area contributed by atoms with Gasteiger partial charge in [0, 0.05) is 5.69 Å². The summed E-state index contributed by atoms with van der Waals surface area (Å²) in [4.78, 5) is 11.5. The Hall–Kier alpha value is -2.19. The van der Waals surface area contributed by atoms with Gasteiger partial charge in [-0.1, -0.05) is 6.07 Å². The number of hydrogen-bond acceptors (Lipinski definition) is 5. The van der Waals surface area contributed by atoms with Crippen molar-refractivity contribution >= 4 is 28.0 Å². The van der Waals surface area contributed by atoms with Crippen molar-refractivity contribution in [2.24, 2.45) is 0 Å². The molecule has 0 amide bonds. The fourth-order valence-corrected chi connectivity index (χ4v) is 2.53. The first-order valence-corrected chi connectivity index (χ1v) is 6.13. The number of Topliss-reactive ketones (excluding diaryl/α,β-unsaturated/α-hetero) is 1.